The highest BCUT2D eigenvalue weighted by atomic mass is 16.2. The summed E-state index contributed by atoms with van der Waals surface area (Å²) in [7, 11) is 0. The lowest BCUT2D eigenvalue weighted by atomic mass is 9.84. The molecule has 1 aromatic heterocycles. The summed E-state index contributed by atoms with van der Waals surface area (Å²) in [4.78, 5) is 24.6. The molecule has 3 aromatic rings. The molecule has 0 bridgehead atoms. The van der Waals surface area contributed by atoms with Gasteiger partial charge in [0.1, 0.15) is 0 Å². The van der Waals surface area contributed by atoms with E-state index in [2.05, 4.69) is 52.1 Å². The van der Waals surface area contributed by atoms with Crippen molar-refractivity contribution in [3.63, 3.8) is 0 Å². The maximum absolute atomic E-state index is 12.5. The van der Waals surface area contributed by atoms with Crippen LogP contribution in [0.15, 0.2) is 60.7 Å². The summed E-state index contributed by atoms with van der Waals surface area (Å²) < 4.78 is 1.91. The molecule has 0 aliphatic carbocycles. The second-order valence-corrected chi connectivity index (χ2v) is 9.07. The SMILES string of the molecule is Cc1cc(C)n(CCNC(=O)CC[C@]2(Cc3ccc(-c4ccccc4)cc3)CCC(=O)N2)n1. The largest absolute Gasteiger partial charge is 0.354 e. The quantitative estimate of drug-likeness (QED) is 0.525. The monoisotopic (exact) mass is 444 g/mol. The van der Waals surface area contributed by atoms with Crippen molar-refractivity contribution in [3.05, 3.63) is 77.6 Å². The molecular weight excluding hydrogens is 412 g/mol. The second kappa shape index (κ2) is 10.0. The van der Waals surface area contributed by atoms with Crippen molar-refractivity contribution in [2.75, 3.05) is 6.54 Å². The van der Waals surface area contributed by atoms with Crippen LogP contribution in [0.2, 0.25) is 0 Å². The third-order valence-electron chi connectivity index (χ3n) is 6.42. The van der Waals surface area contributed by atoms with Crippen LogP contribution in [0.25, 0.3) is 11.1 Å². The summed E-state index contributed by atoms with van der Waals surface area (Å²) in [6, 6.07) is 20.8. The van der Waals surface area contributed by atoms with Crippen molar-refractivity contribution >= 4 is 11.8 Å². The Morgan fingerprint density at radius 3 is 2.45 bits per heavy atom. The van der Waals surface area contributed by atoms with Crippen LogP contribution in [-0.4, -0.2) is 33.7 Å². The predicted octanol–water partition coefficient (Wildman–Crippen LogP) is 3.95. The summed E-state index contributed by atoms with van der Waals surface area (Å²) in [5, 5.41) is 10.6. The zero-order valence-corrected chi connectivity index (χ0v) is 19.4. The van der Waals surface area contributed by atoms with Crippen molar-refractivity contribution in [2.24, 2.45) is 0 Å². The molecule has 1 aliphatic heterocycles. The number of hydrogen-bond donors (Lipinski definition) is 2. The Hall–Kier alpha value is -3.41. The van der Waals surface area contributed by atoms with Gasteiger partial charge < -0.3 is 10.6 Å². The predicted molar refractivity (Wildman–Crippen MR) is 130 cm³/mol. The van der Waals surface area contributed by atoms with Crippen LogP contribution in [0.5, 0.6) is 0 Å². The molecule has 2 aromatic carbocycles. The minimum absolute atomic E-state index is 0.0106. The Morgan fingerprint density at radius 1 is 1.09 bits per heavy atom. The van der Waals surface area contributed by atoms with Crippen molar-refractivity contribution in [2.45, 2.75) is 58.0 Å². The minimum Gasteiger partial charge on any atom is -0.354 e. The number of carbonyl (C=O) groups excluding carboxylic acids is 2. The molecule has 0 spiro atoms. The minimum atomic E-state index is -0.363. The van der Waals surface area contributed by atoms with Crippen LogP contribution < -0.4 is 10.6 Å². The fourth-order valence-corrected chi connectivity index (χ4v) is 4.66. The van der Waals surface area contributed by atoms with E-state index in [9.17, 15) is 9.59 Å². The summed E-state index contributed by atoms with van der Waals surface area (Å²) >= 11 is 0. The standard InChI is InChI=1S/C27H32N4O2/c1-20-18-21(2)31(30-20)17-16-28-25(32)12-14-27(15-13-26(33)29-27)19-22-8-10-24(11-9-22)23-6-4-3-5-7-23/h3-11,18H,12-17,19H2,1-2H3,(H,28,32)(H,29,33)/t27-/m1/s1. The third kappa shape index (κ3) is 5.89. The van der Waals surface area contributed by atoms with Crippen LogP contribution in [-0.2, 0) is 22.6 Å². The maximum atomic E-state index is 12.5. The van der Waals surface area contributed by atoms with Gasteiger partial charge in [-0.15, -0.1) is 0 Å². The fourth-order valence-electron chi connectivity index (χ4n) is 4.66. The highest BCUT2D eigenvalue weighted by molar-refractivity contribution is 5.80. The van der Waals surface area contributed by atoms with E-state index in [1.54, 1.807) is 0 Å². The van der Waals surface area contributed by atoms with Gasteiger partial charge in [-0.3, -0.25) is 14.3 Å². The van der Waals surface area contributed by atoms with Crippen molar-refractivity contribution in [1.82, 2.24) is 20.4 Å². The molecule has 2 amide bonds. The van der Waals surface area contributed by atoms with Gasteiger partial charge in [0, 0.05) is 30.6 Å². The highest BCUT2D eigenvalue weighted by Crippen LogP contribution is 2.30. The van der Waals surface area contributed by atoms with Crippen molar-refractivity contribution < 1.29 is 9.59 Å². The normalized spacial score (nSPS) is 17.7. The first-order valence-electron chi connectivity index (χ1n) is 11.7. The van der Waals surface area contributed by atoms with Crippen LogP contribution in [0.3, 0.4) is 0 Å². The van der Waals surface area contributed by atoms with Gasteiger partial charge in [-0.05, 0) is 55.9 Å². The zero-order valence-electron chi connectivity index (χ0n) is 19.4. The number of carbonyl (C=O) groups is 2. The van der Waals surface area contributed by atoms with E-state index in [1.807, 2.05) is 42.8 Å². The lowest BCUT2D eigenvalue weighted by molar-refractivity contribution is -0.122. The summed E-state index contributed by atoms with van der Waals surface area (Å²) in [5.74, 6) is 0.0809. The molecular formula is C27H32N4O2. The molecule has 6 heteroatoms. The van der Waals surface area contributed by atoms with E-state index in [4.69, 9.17) is 0 Å². The molecule has 0 unspecified atom stereocenters. The number of aryl methyl sites for hydroxylation is 2. The lowest BCUT2D eigenvalue weighted by Crippen LogP contribution is -2.44. The average Bonchev–Trinajstić information content (AvgIpc) is 3.34. The molecule has 1 aliphatic rings. The van der Waals surface area contributed by atoms with E-state index in [1.165, 1.54) is 16.7 Å². The van der Waals surface area contributed by atoms with Gasteiger partial charge in [0.15, 0.2) is 0 Å². The topological polar surface area (TPSA) is 76.0 Å². The molecule has 1 fully saturated rings. The van der Waals surface area contributed by atoms with Crippen molar-refractivity contribution in [3.8, 4) is 11.1 Å². The smallest absolute Gasteiger partial charge is 0.220 e. The average molecular weight is 445 g/mol. The summed E-state index contributed by atoms with van der Waals surface area (Å²) in [6.07, 6.45) is 3.02. The van der Waals surface area contributed by atoms with Crippen LogP contribution in [0, 0.1) is 13.8 Å². The Balaban J connectivity index is 1.33. The van der Waals surface area contributed by atoms with Gasteiger partial charge in [0.05, 0.1) is 12.2 Å². The molecule has 0 saturated carbocycles. The highest BCUT2D eigenvalue weighted by Gasteiger charge is 2.37. The number of benzene rings is 2. The number of nitrogens with one attached hydrogen (secondary N) is 2. The van der Waals surface area contributed by atoms with Gasteiger partial charge >= 0.3 is 0 Å². The molecule has 2 heterocycles. The van der Waals surface area contributed by atoms with Crippen LogP contribution >= 0.6 is 0 Å². The van der Waals surface area contributed by atoms with Gasteiger partial charge in [0.2, 0.25) is 11.8 Å². The molecule has 4 rings (SSSR count). The van der Waals surface area contributed by atoms with E-state index >= 15 is 0 Å². The number of hydrogen-bond acceptors (Lipinski definition) is 3. The zero-order chi connectivity index (χ0) is 23.3. The first-order chi connectivity index (χ1) is 15.9. The Morgan fingerprint density at radius 2 is 1.82 bits per heavy atom. The van der Waals surface area contributed by atoms with E-state index < -0.39 is 0 Å². The second-order valence-electron chi connectivity index (χ2n) is 9.07. The number of aromatic nitrogens is 2. The molecule has 6 nitrogen and oxygen atoms in total. The first kappa shape index (κ1) is 22.8. The molecule has 2 N–H and O–H groups in total. The van der Waals surface area contributed by atoms with Gasteiger partial charge in [-0.1, -0.05) is 54.6 Å². The van der Waals surface area contributed by atoms with Gasteiger partial charge in [-0.25, -0.2) is 0 Å². The molecule has 33 heavy (non-hydrogen) atoms. The first-order valence-corrected chi connectivity index (χ1v) is 11.7. The third-order valence-corrected chi connectivity index (χ3v) is 6.42. The van der Waals surface area contributed by atoms with Crippen LogP contribution in [0.1, 0.15) is 42.6 Å². The maximum Gasteiger partial charge on any atom is 0.220 e. The van der Waals surface area contributed by atoms with E-state index in [-0.39, 0.29) is 17.4 Å². The molecule has 1 saturated heterocycles. The lowest BCUT2D eigenvalue weighted by Gasteiger charge is -2.29. The van der Waals surface area contributed by atoms with E-state index in [0.29, 0.717) is 32.4 Å². The number of rotatable bonds is 9. The van der Waals surface area contributed by atoms with Crippen molar-refractivity contribution in [1.29, 1.82) is 0 Å². The molecule has 0 radical (unpaired) electrons. The Kier molecular flexibility index (Phi) is 6.92. The fraction of sp³-hybridized carbons (Fsp3) is 0.370. The summed E-state index contributed by atoms with van der Waals surface area (Å²) in [5.41, 5.74) is 5.23. The van der Waals surface area contributed by atoms with Crippen LogP contribution in [0.4, 0.5) is 0 Å². The van der Waals surface area contributed by atoms with Gasteiger partial charge in [0.25, 0.3) is 0 Å². The molecule has 1 atom stereocenters. The van der Waals surface area contributed by atoms with E-state index in [0.717, 1.165) is 24.2 Å². The molecule has 172 valence electrons. The number of nitrogens with zero attached hydrogens (tertiary/aromatic N) is 2. The van der Waals surface area contributed by atoms with Gasteiger partial charge in [-0.2, -0.15) is 5.10 Å². The summed E-state index contributed by atoms with van der Waals surface area (Å²) in [6.45, 7) is 5.18. The Labute approximate surface area is 195 Å². The Bertz CT molecular complexity index is 1100. The number of amides is 2.